The minimum atomic E-state index is -0.525. The van der Waals surface area contributed by atoms with Gasteiger partial charge in [0.15, 0.2) is 0 Å². The number of methoxy groups -OCH3 is 1. The fourth-order valence-corrected chi connectivity index (χ4v) is 1.75. The van der Waals surface area contributed by atoms with Crippen molar-refractivity contribution in [3.63, 3.8) is 0 Å². The molecular weight excluding hydrogens is 204 g/mol. The molecule has 1 aromatic heterocycles. The normalized spacial score (nSPS) is 12.9. The van der Waals surface area contributed by atoms with Crippen molar-refractivity contribution in [2.24, 2.45) is 5.73 Å². The van der Waals surface area contributed by atoms with E-state index in [2.05, 4.69) is 4.98 Å². The number of aliphatic hydroxyl groups excluding tert-OH is 1. The summed E-state index contributed by atoms with van der Waals surface area (Å²) >= 11 is 0. The second kappa shape index (κ2) is 4.55. The van der Waals surface area contributed by atoms with E-state index in [9.17, 15) is 5.11 Å². The number of aromatic amines is 1. The van der Waals surface area contributed by atoms with Crippen molar-refractivity contribution in [2.45, 2.75) is 12.5 Å². The van der Waals surface area contributed by atoms with Gasteiger partial charge in [-0.15, -0.1) is 0 Å². The van der Waals surface area contributed by atoms with Gasteiger partial charge in [0, 0.05) is 22.7 Å². The first-order valence-electron chi connectivity index (χ1n) is 5.29. The zero-order chi connectivity index (χ0) is 11.5. The highest BCUT2D eigenvalue weighted by molar-refractivity contribution is 5.81. The number of fused-ring (bicyclic) bond motifs is 1. The average molecular weight is 220 g/mol. The van der Waals surface area contributed by atoms with Crippen LogP contribution in [0.1, 0.15) is 18.2 Å². The molecule has 2 rings (SSSR count). The first-order valence-corrected chi connectivity index (χ1v) is 5.29. The smallest absolute Gasteiger partial charge is 0.120 e. The van der Waals surface area contributed by atoms with Gasteiger partial charge in [-0.2, -0.15) is 0 Å². The third-order valence-electron chi connectivity index (χ3n) is 2.65. The lowest BCUT2D eigenvalue weighted by Gasteiger charge is -2.05. The van der Waals surface area contributed by atoms with Gasteiger partial charge in [-0.25, -0.2) is 0 Å². The monoisotopic (exact) mass is 220 g/mol. The van der Waals surface area contributed by atoms with E-state index < -0.39 is 6.10 Å². The fraction of sp³-hybridized carbons (Fsp3) is 0.333. The topological polar surface area (TPSA) is 71.3 Å². The molecule has 0 spiro atoms. The van der Waals surface area contributed by atoms with Crippen molar-refractivity contribution in [1.29, 1.82) is 0 Å². The van der Waals surface area contributed by atoms with Crippen LogP contribution in [0.25, 0.3) is 10.9 Å². The summed E-state index contributed by atoms with van der Waals surface area (Å²) in [5, 5.41) is 10.9. The van der Waals surface area contributed by atoms with E-state index in [4.69, 9.17) is 10.5 Å². The Labute approximate surface area is 94.0 Å². The second-order valence-corrected chi connectivity index (χ2v) is 3.77. The summed E-state index contributed by atoms with van der Waals surface area (Å²) in [5.41, 5.74) is 7.18. The molecule has 0 aliphatic rings. The molecule has 0 amide bonds. The lowest BCUT2D eigenvalue weighted by atomic mass is 10.2. The Morgan fingerprint density at radius 3 is 2.94 bits per heavy atom. The first kappa shape index (κ1) is 11.0. The van der Waals surface area contributed by atoms with Gasteiger partial charge >= 0.3 is 0 Å². The van der Waals surface area contributed by atoms with Gasteiger partial charge in [0.05, 0.1) is 13.2 Å². The van der Waals surface area contributed by atoms with E-state index in [1.165, 1.54) is 0 Å². The number of H-pyrrole nitrogens is 1. The quantitative estimate of drug-likeness (QED) is 0.732. The number of hydrogen-bond donors (Lipinski definition) is 3. The largest absolute Gasteiger partial charge is 0.497 e. The summed E-state index contributed by atoms with van der Waals surface area (Å²) < 4.78 is 5.14. The summed E-state index contributed by atoms with van der Waals surface area (Å²) in [5.74, 6) is 0.800. The second-order valence-electron chi connectivity index (χ2n) is 3.77. The Morgan fingerprint density at radius 2 is 2.25 bits per heavy atom. The Balaban J connectivity index is 2.35. The highest BCUT2D eigenvalue weighted by Crippen LogP contribution is 2.24. The predicted octanol–water partition coefficient (Wildman–Crippen LogP) is 1.56. The summed E-state index contributed by atoms with van der Waals surface area (Å²) in [4.78, 5) is 3.17. The van der Waals surface area contributed by atoms with Gasteiger partial charge in [-0.1, -0.05) is 0 Å². The van der Waals surface area contributed by atoms with Crippen LogP contribution in [0.5, 0.6) is 5.75 Å². The molecule has 2 aromatic rings. The van der Waals surface area contributed by atoms with Crippen LogP contribution in [-0.2, 0) is 0 Å². The molecular formula is C12H16N2O2. The predicted molar refractivity (Wildman–Crippen MR) is 63.5 cm³/mol. The molecule has 0 bridgehead atoms. The molecule has 1 heterocycles. The number of aliphatic hydroxyl groups is 1. The third kappa shape index (κ3) is 2.03. The van der Waals surface area contributed by atoms with Crippen LogP contribution >= 0.6 is 0 Å². The summed E-state index contributed by atoms with van der Waals surface area (Å²) in [6.45, 7) is 0.472. The van der Waals surface area contributed by atoms with Gasteiger partial charge in [-0.3, -0.25) is 0 Å². The highest BCUT2D eigenvalue weighted by Gasteiger charge is 2.10. The number of nitrogens with one attached hydrogen (secondary N) is 1. The van der Waals surface area contributed by atoms with Crippen molar-refractivity contribution in [2.75, 3.05) is 13.7 Å². The number of nitrogens with two attached hydrogens (primary N) is 1. The van der Waals surface area contributed by atoms with E-state index in [-0.39, 0.29) is 0 Å². The minimum Gasteiger partial charge on any atom is -0.497 e. The molecule has 0 aliphatic heterocycles. The number of rotatable bonds is 4. The van der Waals surface area contributed by atoms with Crippen molar-refractivity contribution in [1.82, 2.24) is 4.98 Å². The van der Waals surface area contributed by atoms with Crippen molar-refractivity contribution >= 4 is 10.9 Å². The molecule has 0 saturated carbocycles. The number of ether oxygens (including phenoxy) is 1. The maximum Gasteiger partial charge on any atom is 0.120 e. The van der Waals surface area contributed by atoms with E-state index in [1.807, 2.05) is 24.3 Å². The molecule has 86 valence electrons. The zero-order valence-electron chi connectivity index (χ0n) is 9.23. The molecule has 0 aliphatic carbocycles. The van der Waals surface area contributed by atoms with Crippen molar-refractivity contribution in [3.05, 3.63) is 30.0 Å². The summed E-state index contributed by atoms with van der Waals surface area (Å²) in [6, 6.07) is 7.71. The van der Waals surface area contributed by atoms with Gasteiger partial charge < -0.3 is 20.6 Å². The lowest BCUT2D eigenvalue weighted by molar-refractivity contribution is 0.166. The molecule has 1 atom stereocenters. The van der Waals surface area contributed by atoms with Crippen LogP contribution in [0.2, 0.25) is 0 Å². The Hall–Kier alpha value is -1.52. The fourth-order valence-electron chi connectivity index (χ4n) is 1.75. The third-order valence-corrected chi connectivity index (χ3v) is 2.65. The highest BCUT2D eigenvalue weighted by atomic mass is 16.5. The Bertz CT molecular complexity index is 479. The molecule has 4 N–H and O–H groups in total. The molecule has 0 radical (unpaired) electrons. The average Bonchev–Trinajstić information content (AvgIpc) is 2.71. The number of aromatic nitrogens is 1. The lowest BCUT2D eigenvalue weighted by Crippen LogP contribution is -2.06. The summed E-state index contributed by atoms with van der Waals surface area (Å²) in [6.07, 6.45) is 0.0348. The van der Waals surface area contributed by atoms with Crippen LogP contribution in [-0.4, -0.2) is 23.7 Å². The molecule has 1 aromatic carbocycles. The van der Waals surface area contributed by atoms with Gasteiger partial charge in [0.25, 0.3) is 0 Å². The maximum atomic E-state index is 9.81. The maximum absolute atomic E-state index is 9.81. The molecule has 0 fully saturated rings. The molecule has 16 heavy (non-hydrogen) atoms. The van der Waals surface area contributed by atoms with Crippen LogP contribution in [0.4, 0.5) is 0 Å². The molecule has 4 heteroatoms. The van der Waals surface area contributed by atoms with E-state index in [0.29, 0.717) is 13.0 Å². The number of benzene rings is 1. The number of hydrogen-bond acceptors (Lipinski definition) is 3. The van der Waals surface area contributed by atoms with E-state index in [0.717, 1.165) is 22.3 Å². The SMILES string of the molecule is COc1ccc2cc(C(O)CCN)[nH]c2c1. The van der Waals surface area contributed by atoms with Gasteiger partial charge in [-0.05, 0) is 31.2 Å². The van der Waals surface area contributed by atoms with E-state index >= 15 is 0 Å². The minimum absolute atomic E-state index is 0.472. The van der Waals surface area contributed by atoms with Crippen LogP contribution < -0.4 is 10.5 Å². The molecule has 4 nitrogen and oxygen atoms in total. The van der Waals surface area contributed by atoms with Crippen molar-refractivity contribution in [3.8, 4) is 5.75 Å². The standard InChI is InChI=1S/C12H16N2O2/c1-16-9-3-2-8-6-11(12(15)4-5-13)14-10(8)7-9/h2-3,6-7,12,14-15H,4-5,13H2,1H3. The van der Waals surface area contributed by atoms with Gasteiger partial charge in [0.1, 0.15) is 5.75 Å². The zero-order valence-corrected chi connectivity index (χ0v) is 9.23. The Kier molecular flexibility index (Phi) is 3.12. The molecule has 1 unspecified atom stereocenters. The Morgan fingerprint density at radius 1 is 1.44 bits per heavy atom. The summed E-state index contributed by atoms with van der Waals surface area (Å²) in [7, 11) is 1.63. The van der Waals surface area contributed by atoms with Crippen LogP contribution in [0.3, 0.4) is 0 Å². The molecule has 0 saturated heterocycles. The van der Waals surface area contributed by atoms with Gasteiger partial charge in [0.2, 0.25) is 0 Å². The van der Waals surface area contributed by atoms with E-state index in [1.54, 1.807) is 7.11 Å². The van der Waals surface area contributed by atoms with Crippen LogP contribution in [0.15, 0.2) is 24.3 Å². The first-order chi connectivity index (χ1) is 7.74. The van der Waals surface area contributed by atoms with Crippen molar-refractivity contribution < 1.29 is 9.84 Å². The van der Waals surface area contributed by atoms with Crippen LogP contribution in [0, 0.1) is 0 Å².